The number of allylic oxidation sites excluding steroid dienone is 1. The van der Waals surface area contributed by atoms with Gasteiger partial charge in [-0.25, -0.2) is 4.79 Å². The molecule has 0 bridgehead atoms. The molecule has 0 aromatic heterocycles. The van der Waals surface area contributed by atoms with Crippen molar-refractivity contribution < 1.29 is 9.53 Å². The molecule has 134 valence electrons. The molecule has 1 aliphatic heterocycles. The normalized spacial score (nSPS) is 30.0. The molecule has 4 heteroatoms. The second-order valence-electron chi connectivity index (χ2n) is 7.93. The average molecular weight is 340 g/mol. The van der Waals surface area contributed by atoms with Crippen molar-refractivity contribution in [3.05, 3.63) is 47.5 Å². The molecule has 2 aliphatic carbocycles. The standard InChI is InChI=1S/C21H28N2O2/c1-15-6-2-5-9-18(15)22-20(24)23-19-17-8-4-3-7-16(17)14-21(19)10-12-25-13-11-21/h2-5,7-8,15,18-19H,6,9-14H2,1H3,(H2,22,23,24)/t15-,18-,19?/m1/s1. The fourth-order valence-electron chi connectivity index (χ4n) is 4.75. The monoisotopic (exact) mass is 340 g/mol. The van der Waals surface area contributed by atoms with E-state index < -0.39 is 0 Å². The highest BCUT2D eigenvalue weighted by atomic mass is 16.5. The lowest BCUT2D eigenvalue weighted by Gasteiger charge is -2.39. The third kappa shape index (κ3) is 3.20. The van der Waals surface area contributed by atoms with Gasteiger partial charge in [0.2, 0.25) is 0 Å². The summed E-state index contributed by atoms with van der Waals surface area (Å²) >= 11 is 0. The number of hydrogen-bond donors (Lipinski definition) is 2. The highest BCUT2D eigenvalue weighted by Crippen LogP contribution is 2.51. The molecule has 3 atom stereocenters. The Morgan fingerprint density at radius 3 is 2.68 bits per heavy atom. The molecule has 2 N–H and O–H groups in total. The number of fused-ring (bicyclic) bond motifs is 1. The zero-order chi connectivity index (χ0) is 17.3. The van der Waals surface area contributed by atoms with Gasteiger partial charge >= 0.3 is 6.03 Å². The molecule has 1 heterocycles. The quantitative estimate of drug-likeness (QED) is 0.806. The Kier molecular flexibility index (Phi) is 4.55. The fourth-order valence-corrected chi connectivity index (χ4v) is 4.75. The number of benzene rings is 1. The number of carbonyl (C=O) groups is 1. The Labute approximate surface area is 150 Å². The number of urea groups is 1. The first-order chi connectivity index (χ1) is 12.2. The largest absolute Gasteiger partial charge is 0.381 e. The van der Waals surface area contributed by atoms with E-state index in [0.717, 1.165) is 45.3 Å². The predicted octanol–water partition coefficient (Wildman–Crippen LogP) is 3.73. The van der Waals surface area contributed by atoms with Crippen LogP contribution in [-0.4, -0.2) is 25.3 Å². The molecule has 1 saturated heterocycles. The maximum atomic E-state index is 12.8. The zero-order valence-electron chi connectivity index (χ0n) is 15.0. The van der Waals surface area contributed by atoms with E-state index in [4.69, 9.17) is 4.74 Å². The Bertz CT molecular complexity index is 664. The van der Waals surface area contributed by atoms with Crippen LogP contribution in [0.25, 0.3) is 0 Å². The van der Waals surface area contributed by atoms with Gasteiger partial charge in [-0.1, -0.05) is 43.3 Å². The summed E-state index contributed by atoms with van der Waals surface area (Å²) in [5.41, 5.74) is 2.77. The maximum absolute atomic E-state index is 12.8. The maximum Gasteiger partial charge on any atom is 0.315 e. The molecule has 0 saturated carbocycles. The molecule has 0 radical (unpaired) electrons. The summed E-state index contributed by atoms with van der Waals surface area (Å²) in [4.78, 5) is 12.8. The Balaban J connectivity index is 1.52. The minimum Gasteiger partial charge on any atom is -0.381 e. The Hall–Kier alpha value is -1.81. The summed E-state index contributed by atoms with van der Waals surface area (Å²) in [6.45, 7) is 3.79. The molecule has 3 aliphatic rings. The molecule has 2 amide bonds. The van der Waals surface area contributed by atoms with Gasteiger partial charge < -0.3 is 15.4 Å². The number of rotatable bonds is 2. The SMILES string of the molecule is C[C@@H]1CC=CC[C@H]1NC(=O)NC1c2ccccc2CC12CCOCC2. The zero-order valence-corrected chi connectivity index (χ0v) is 15.0. The van der Waals surface area contributed by atoms with Gasteiger partial charge in [0.15, 0.2) is 0 Å². The van der Waals surface area contributed by atoms with Gasteiger partial charge in [-0.05, 0) is 49.1 Å². The summed E-state index contributed by atoms with van der Waals surface area (Å²) < 4.78 is 5.61. The van der Waals surface area contributed by atoms with Crippen molar-refractivity contribution in [2.75, 3.05) is 13.2 Å². The molecule has 1 fully saturated rings. The summed E-state index contributed by atoms with van der Waals surface area (Å²) in [5.74, 6) is 0.489. The van der Waals surface area contributed by atoms with E-state index in [0.29, 0.717) is 5.92 Å². The van der Waals surface area contributed by atoms with Crippen LogP contribution < -0.4 is 10.6 Å². The highest BCUT2D eigenvalue weighted by Gasteiger charge is 2.47. The summed E-state index contributed by atoms with van der Waals surface area (Å²) in [6.07, 6.45) is 9.42. The second-order valence-corrected chi connectivity index (χ2v) is 7.93. The van der Waals surface area contributed by atoms with E-state index in [2.05, 4.69) is 54.0 Å². The van der Waals surface area contributed by atoms with Crippen LogP contribution in [-0.2, 0) is 11.2 Å². The van der Waals surface area contributed by atoms with Crippen LogP contribution in [0, 0.1) is 11.3 Å². The number of ether oxygens (including phenoxy) is 1. The number of carbonyl (C=O) groups excluding carboxylic acids is 1. The molecule has 25 heavy (non-hydrogen) atoms. The molecular formula is C21H28N2O2. The van der Waals surface area contributed by atoms with Crippen molar-refractivity contribution in [1.82, 2.24) is 10.6 Å². The van der Waals surface area contributed by atoms with Crippen molar-refractivity contribution in [3.8, 4) is 0 Å². The topological polar surface area (TPSA) is 50.4 Å². The first-order valence-corrected chi connectivity index (χ1v) is 9.55. The van der Waals surface area contributed by atoms with Gasteiger partial charge in [-0.15, -0.1) is 0 Å². The Morgan fingerprint density at radius 2 is 1.88 bits per heavy atom. The smallest absolute Gasteiger partial charge is 0.315 e. The first kappa shape index (κ1) is 16.6. The number of amides is 2. The van der Waals surface area contributed by atoms with Crippen molar-refractivity contribution in [3.63, 3.8) is 0 Å². The summed E-state index contributed by atoms with van der Waals surface area (Å²) in [7, 11) is 0. The van der Waals surface area contributed by atoms with Gasteiger partial charge in [-0.2, -0.15) is 0 Å². The van der Waals surface area contributed by atoms with Gasteiger partial charge in [0.05, 0.1) is 6.04 Å². The van der Waals surface area contributed by atoms with Gasteiger partial charge in [-0.3, -0.25) is 0 Å². The highest BCUT2D eigenvalue weighted by molar-refractivity contribution is 5.75. The van der Waals surface area contributed by atoms with Gasteiger partial charge in [0, 0.05) is 24.7 Å². The Morgan fingerprint density at radius 1 is 1.12 bits per heavy atom. The first-order valence-electron chi connectivity index (χ1n) is 9.55. The summed E-state index contributed by atoms with van der Waals surface area (Å²) in [5, 5.41) is 6.55. The van der Waals surface area contributed by atoms with E-state index in [1.807, 2.05) is 0 Å². The van der Waals surface area contributed by atoms with Crippen LogP contribution in [0.5, 0.6) is 0 Å². The lowest BCUT2D eigenvalue weighted by molar-refractivity contribution is 0.00204. The lowest BCUT2D eigenvalue weighted by Crippen LogP contribution is -2.49. The van der Waals surface area contributed by atoms with E-state index in [9.17, 15) is 4.79 Å². The van der Waals surface area contributed by atoms with E-state index in [1.54, 1.807) is 0 Å². The van der Waals surface area contributed by atoms with Gasteiger partial charge in [0.25, 0.3) is 0 Å². The van der Waals surface area contributed by atoms with Crippen LogP contribution in [0.1, 0.15) is 49.8 Å². The number of nitrogens with one attached hydrogen (secondary N) is 2. The van der Waals surface area contributed by atoms with Crippen molar-refractivity contribution in [2.24, 2.45) is 11.3 Å². The van der Waals surface area contributed by atoms with E-state index in [-0.39, 0.29) is 23.5 Å². The predicted molar refractivity (Wildman–Crippen MR) is 98.4 cm³/mol. The van der Waals surface area contributed by atoms with Crippen molar-refractivity contribution >= 4 is 6.03 Å². The second kappa shape index (κ2) is 6.83. The molecule has 4 rings (SSSR count). The van der Waals surface area contributed by atoms with Crippen molar-refractivity contribution in [1.29, 1.82) is 0 Å². The van der Waals surface area contributed by atoms with E-state index in [1.165, 1.54) is 11.1 Å². The van der Waals surface area contributed by atoms with Crippen LogP contribution in [0.2, 0.25) is 0 Å². The van der Waals surface area contributed by atoms with Crippen LogP contribution in [0.15, 0.2) is 36.4 Å². The molecule has 1 unspecified atom stereocenters. The van der Waals surface area contributed by atoms with Gasteiger partial charge in [0.1, 0.15) is 0 Å². The molecule has 1 spiro atoms. The minimum atomic E-state index is -0.0280. The van der Waals surface area contributed by atoms with E-state index >= 15 is 0 Å². The van der Waals surface area contributed by atoms with Crippen LogP contribution in [0.4, 0.5) is 4.79 Å². The third-order valence-corrected chi connectivity index (χ3v) is 6.35. The average Bonchev–Trinajstić information content (AvgIpc) is 2.91. The molecular weight excluding hydrogens is 312 g/mol. The van der Waals surface area contributed by atoms with Crippen molar-refractivity contribution in [2.45, 2.75) is 51.1 Å². The lowest BCUT2D eigenvalue weighted by atomic mass is 9.74. The molecule has 1 aromatic rings. The molecule has 4 nitrogen and oxygen atoms in total. The van der Waals surface area contributed by atoms with Crippen LogP contribution in [0.3, 0.4) is 0 Å². The fraction of sp³-hybridized carbons (Fsp3) is 0.571. The minimum absolute atomic E-state index is 0.0280. The summed E-state index contributed by atoms with van der Waals surface area (Å²) in [6, 6.07) is 8.85. The molecule has 1 aromatic carbocycles. The third-order valence-electron chi connectivity index (χ3n) is 6.35. The number of hydrogen-bond acceptors (Lipinski definition) is 2. The van der Waals surface area contributed by atoms with Crippen LogP contribution >= 0.6 is 0 Å².